The Kier molecular flexibility index (Phi) is 18.7. The van der Waals surface area contributed by atoms with Gasteiger partial charge in [-0.25, -0.2) is 4.79 Å². The quantitative estimate of drug-likeness (QED) is 0.0235. The molecule has 14 heteroatoms. The van der Waals surface area contributed by atoms with Gasteiger partial charge in [0.1, 0.15) is 24.9 Å². The van der Waals surface area contributed by atoms with Crippen molar-refractivity contribution in [2.75, 3.05) is 18.1 Å². The number of aliphatic carboxylic acids is 1. The van der Waals surface area contributed by atoms with Crippen LogP contribution in [-0.4, -0.2) is 42.6 Å². The van der Waals surface area contributed by atoms with Crippen molar-refractivity contribution >= 4 is 98.3 Å². The van der Waals surface area contributed by atoms with Gasteiger partial charge in [-0.15, -0.1) is 22.7 Å². The molecule has 5 heterocycles. The average Bonchev–Trinajstić information content (AvgIpc) is 4.15. The van der Waals surface area contributed by atoms with Crippen LogP contribution in [0.25, 0.3) is 48.3 Å². The summed E-state index contributed by atoms with van der Waals surface area (Å²) in [5, 5.41) is 18.9. The number of hydrogen-bond acceptors (Lipinski definition) is 9. The Balaban J connectivity index is 1.25. The summed E-state index contributed by atoms with van der Waals surface area (Å²) in [4.78, 5) is 17.5. The number of carboxylic acids is 1. The van der Waals surface area contributed by atoms with Crippen LogP contribution in [0.4, 0.5) is 17.1 Å². The van der Waals surface area contributed by atoms with E-state index in [1.165, 1.54) is 105 Å². The number of anilines is 3. The van der Waals surface area contributed by atoms with Gasteiger partial charge in [-0.3, -0.25) is 0 Å². The molecular formula is C58H70N6O4S4. The Morgan fingerprint density at radius 2 is 1.04 bits per heavy atom. The Morgan fingerprint density at radius 1 is 0.597 bits per heavy atom. The molecule has 0 unspecified atom stereocenters. The van der Waals surface area contributed by atoms with Crippen molar-refractivity contribution in [2.45, 2.75) is 157 Å². The van der Waals surface area contributed by atoms with Crippen LogP contribution < -0.4 is 14.4 Å². The van der Waals surface area contributed by atoms with E-state index >= 15 is 0 Å². The van der Waals surface area contributed by atoms with E-state index < -0.39 is 5.97 Å². The SMILES string of the molecule is CCCCCCn1c(=S)n(CCCCCC)c2cc(N(c3ccc(-c4sc(-c5ccc(/C=C(/C#N)C(=O)O)s5)c5c4OCCO5)cc3)c3ccc4c(c3)n(CCCCCC)c(=S)n4CCCCCC)ccc21. The maximum Gasteiger partial charge on any atom is 0.346 e. The second-order valence-corrected chi connectivity index (χ2v) is 21.8. The number of unbranched alkanes of at least 4 members (excludes halogenated alkanes) is 12. The van der Waals surface area contributed by atoms with E-state index in [0.29, 0.717) is 29.6 Å². The van der Waals surface area contributed by atoms with E-state index in [9.17, 15) is 15.2 Å². The third kappa shape index (κ3) is 11.8. The monoisotopic (exact) mass is 1040 g/mol. The molecular weight excluding hydrogens is 973 g/mol. The second-order valence-electron chi connectivity index (χ2n) is 18.9. The zero-order valence-electron chi connectivity index (χ0n) is 42.6. The molecule has 72 heavy (non-hydrogen) atoms. The minimum atomic E-state index is -1.25. The van der Waals surface area contributed by atoms with Crippen molar-refractivity contribution in [1.29, 1.82) is 5.26 Å². The molecule has 0 fully saturated rings. The van der Waals surface area contributed by atoms with Gasteiger partial charge in [-0.1, -0.05) is 117 Å². The van der Waals surface area contributed by atoms with Crippen LogP contribution in [0.3, 0.4) is 0 Å². The van der Waals surface area contributed by atoms with Gasteiger partial charge >= 0.3 is 5.97 Å². The fourth-order valence-corrected chi connectivity index (χ4v) is 12.9. The molecule has 0 aliphatic carbocycles. The molecule has 10 nitrogen and oxygen atoms in total. The van der Waals surface area contributed by atoms with Crippen molar-refractivity contribution in [1.82, 2.24) is 18.3 Å². The van der Waals surface area contributed by atoms with E-state index in [0.717, 1.165) is 110 Å². The maximum atomic E-state index is 11.6. The number of nitriles is 1. The van der Waals surface area contributed by atoms with Crippen LogP contribution in [0.5, 0.6) is 11.5 Å². The number of nitrogens with zero attached hydrogens (tertiary/aromatic N) is 6. The number of imidazole rings is 2. The molecule has 0 radical (unpaired) electrons. The van der Waals surface area contributed by atoms with Gasteiger partial charge in [0.15, 0.2) is 21.0 Å². The van der Waals surface area contributed by atoms with Gasteiger partial charge in [0.05, 0.1) is 31.8 Å². The Morgan fingerprint density at radius 3 is 1.49 bits per heavy atom. The number of aromatic nitrogens is 4. The highest BCUT2D eigenvalue weighted by molar-refractivity contribution is 7.71. The van der Waals surface area contributed by atoms with Gasteiger partial charge in [0, 0.05) is 53.0 Å². The first-order valence-corrected chi connectivity index (χ1v) is 28.9. The third-order valence-corrected chi connectivity index (χ3v) is 17.0. The van der Waals surface area contributed by atoms with Crippen LogP contribution in [-0.2, 0) is 31.0 Å². The Bertz CT molecular complexity index is 3040. The summed E-state index contributed by atoms with van der Waals surface area (Å²) >= 11 is 15.7. The van der Waals surface area contributed by atoms with Gasteiger partial charge in [-0.05, 0) is 122 Å². The molecule has 7 aromatic rings. The molecule has 4 aromatic heterocycles. The molecule has 380 valence electrons. The second kappa shape index (κ2) is 25.5. The van der Waals surface area contributed by atoms with Crippen molar-refractivity contribution in [3.05, 3.63) is 92.8 Å². The van der Waals surface area contributed by atoms with Crippen LogP contribution in [0.1, 0.15) is 135 Å². The standard InChI is InChI=1S/C58H70N6O4S4/c1-5-9-13-17-31-60-47-28-25-44(38-49(47)62(57(60)69)33-19-15-11-7-3)64(45-26-29-48-50(39-45)63(34-20-16-12-8-4)58(70)61(48)32-18-14-10-6-2)43-23-21-41(22-24-43)54-52-53(68-36-35-67-52)55(72-54)51-30-27-46(71-51)37-42(40-59)56(65)66/h21-30,37-39H,5-20,31-36H2,1-4H3,(H,65,66)/b42-37-. The lowest BCUT2D eigenvalue weighted by molar-refractivity contribution is -0.132. The van der Waals surface area contributed by atoms with Crippen LogP contribution >= 0.6 is 47.1 Å². The first kappa shape index (κ1) is 52.9. The van der Waals surface area contributed by atoms with Crippen molar-refractivity contribution in [2.24, 2.45) is 0 Å². The molecule has 1 aliphatic rings. The van der Waals surface area contributed by atoms with Gasteiger partial charge < -0.3 is 37.7 Å². The molecule has 0 spiro atoms. The van der Waals surface area contributed by atoms with Gasteiger partial charge in [-0.2, -0.15) is 5.26 Å². The minimum Gasteiger partial charge on any atom is -0.485 e. The normalized spacial score (nSPS) is 12.6. The number of aryl methyl sites for hydroxylation is 4. The fourth-order valence-electron chi connectivity index (χ4n) is 9.89. The van der Waals surface area contributed by atoms with E-state index in [-0.39, 0.29) is 5.57 Å². The number of hydrogen-bond donors (Lipinski definition) is 1. The fraction of sp³-hybridized carbons (Fsp3) is 0.448. The zero-order chi connectivity index (χ0) is 50.6. The van der Waals surface area contributed by atoms with Crippen LogP contribution in [0, 0.1) is 20.9 Å². The topological polar surface area (TPSA) is 103 Å². The Labute approximate surface area is 443 Å². The number of benzene rings is 3. The smallest absolute Gasteiger partial charge is 0.346 e. The van der Waals surface area contributed by atoms with Gasteiger partial charge in [0.25, 0.3) is 0 Å². The van der Waals surface area contributed by atoms with E-state index in [2.05, 4.69) is 112 Å². The molecule has 1 N–H and O–H groups in total. The highest BCUT2D eigenvalue weighted by Crippen LogP contribution is 2.55. The average molecular weight is 1040 g/mol. The summed E-state index contributed by atoms with van der Waals surface area (Å²) in [7, 11) is 0. The Hall–Kier alpha value is -5.46. The van der Waals surface area contributed by atoms with E-state index in [1.54, 1.807) is 17.4 Å². The third-order valence-electron chi connectivity index (χ3n) is 13.7. The highest BCUT2D eigenvalue weighted by atomic mass is 32.1. The number of carbonyl (C=O) groups is 1. The maximum absolute atomic E-state index is 11.6. The number of carboxylic acid groups (broad SMARTS) is 1. The summed E-state index contributed by atoms with van der Waals surface area (Å²) in [5.74, 6) is 0.148. The number of rotatable bonds is 27. The first-order chi connectivity index (χ1) is 35.2. The lowest BCUT2D eigenvalue weighted by Gasteiger charge is -2.26. The molecule has 3 aromatic carbocycles. The lowest BCUT2D eigenvalue weighted by Crippen LogP contribution is -2.14. The molecule has 1 aliphatic heterocycles. The summed E-state index contributed by atoms with van der Waals surface area (Å²) in [6.45, 7) is 13.5. The van der Waals surface area contributed by atoms with Gasteiger partial charge in [0.2, 0.25) is 0 Å². The lowest BCUT2D eigenvalue weighted by atomic mass is 10.1. The summed E-state index contributed by atoms with van der Waals surface area (Å²) in [6.07, 6.45) is 20.2. The minimum absolute atomic E-state index is 0.309. The molecule has 0 atom stereocenters. The molecule has 0 amide bonds. The highest BCUT2D eigenvalue weighted by Gasteiger charge is 2.28. The largest absolute Gasteiger partial charge is 0.485 e. The summed E-state index contributed by atoms with van der Waals surface area (Å²) in [6, 6.07) is 28.1. The number of ether oxygens (including phenoxy) is 2. The van der Waals surface area contributed by atoms with E-state index in [1.807, 2.05) is 12.1 Å². The first-order valence-electron chi connectivity index (χ1n) is 26.5. The molecule has 0 saturated heterocycles. The van der Waals surface area contributed by atoms with E-state index in [4.69, 9.17) is 33.9 Å². The number of thiophene rings is 2. The predicted molar refractivity (Wildman–Crippen MR) is 305 cm³/mol. The van der Waals surface area contributed by atoms with Crippen molar-refractivity contribution < 1.29 is 19.4 Å². The van der Waals surface area contributed by atoms with Crippen molar-refractivity contribution in [3.63, 3.8) is 0 Å². The zero-order valence-corrected chi connectivity index (χ0v) is 45.8. The number of fused-ring (bicyclic) bond motifs is 3. The summed E-state index contributed by atoms with van der Waals surface area (Å²) in [5.41, 5.74) is 8.51. The van der Waals surface area contributed by atoms with Crippen LogP contribution in [0.15, 0.2) is 78.4 Å². The summed E-state index contributed by atoms with van der Waals surface area (Å²) < 4.78 is 24.0. The van der Waals surface area contributed by atoms with Crippen LogP contribution in [0.2, 0.25) is 0 Å². The molecule has 8 rings (SSSR count). The van der Waals surface area contributed by atoms with Crippen molar-refractivity contribution in [3.8, 4) is 37.8 Å². The predicted octanol–water partition coefficient (Wildman–Crippen LogP) is 17.7. The molecule has 0 bridgehead atoms. The molecule has 0 saturated carbocycles.